The number of hydrogen-bond donors (Lipinski definition) is 2. The molecule has 5 heteroatoms. The zero-order chi connectivity index (χ0) is 15.1. The largest absolute Gasteiger partial charge is 0.358 e. The Kier molecular flexibility index (Phi) is 7.19. The SMILES string of the molecule is CCC(N)C(c1ccccc1Br)N(CC)CC(=O)NC. The predicted molar refractivity (Wildman–Crippen MR) is 86.5 cm³/mol. The zero-order valence-electron chi connectivity index (χ0n) is 12.4. The molecule has 20 heavy (non-hydrogen) atoms. The van der Waals surface area contributed by atoms with Gasteiger partial charge in [0.2, 0.25) is 5.91 Å². The average Bonchev–Trinajstić information content (AvgIpc) is 2.47. The second-order valence-corrected chi connectivity index (χ2v) is 5.63. The predicted octanol–water partition coefficient (Wildman–Crippen LogP) is 2.30. The van der Waals surface area contributed by atoms with E-state index in [-0.39, 0.29) is 18.0 Å². The van der Waals surface area contributed by atoms with E-state index in [2.05, 4.69) is 46.1 Å². The van der Waals surface area contributed by atoms with Crippen molar-refractivity contribution in [2.24, 2.45) is 5.73 Å². The molecule has 0 fully saturated rings. The fourth-order valence-electron chi connectivity index (χ4n) is 2.31. The van der Waals surface area contributed by atoms with Crippen LogP contribution in [-0.2, 0) is 4.79 Å². The fraction of sp³-hybridized carbons (Fsp3) is 0.533. The number of hydrogen-bond acceptors (Lipinski definition) is 3. The molecule has 0 saturated carbocycles. The van der Waals surface area contributed by atoms with Crippen LogP contribution < -0.4 is 11.1 Å². The van der Waals surface area contributed by atoms with Gasteiger partial charge >= 0.3 is 0 Å². The number of nitrogens with one attached hydrogen (secondary N) is 1. The Hall–Kier alpha value is -0.910. The lowest BCUT2D eigenvalue weighted by Gasteiger charge is -2.35. The number of carbonyl (C=O) groups is 1. The Labute approximate surface area is 129 Å². The van der Waals surface area contributed by atoms with Crippen LogP contribution in [0.5, 0.6) is 0 Å². The van der Waals surface area contributed by atoms with Crippen LogP contribution in [0.25, 0.3) is 0 Å². The van der Waals surface area contributed by atoms with Crippen LogP contribution in [0.1, 0.15) is 31.9 Å². The number of halogens is 1. The van der Waals surface area contributed by atoms with Gasteiger partial charge in [-0.25, -0.2) is 0 Å². The third-order valence-corrected chi connectivity index (χ3v) is 4.25. The minimum atomic E-state index is -0.0155. The summed E-state index contributed by atoms with van der Waals surface area (Å²) < 4.78 is 1.03. The number of nitrogens with two attached hydrogens (primary N) is 1. The summed E-state index contributed by atoms with van der Waals surface area (Å²) in [6, 6.07) is 8.08. The first-order chi connectivity index (χ1) is 9.54. The van der Waals surface area contributed by atoms with Crippen molar-refractivity contribution in [3.8, 4) is 0 Å². The molecule has 0 aromatic heterocycles. The van der Waals surface area contributed by atoms with Crippen molar-refractivity contribution >= 4 is 21.8 Å². The Morgan fingerprint density at radius 3 is 2.55 bits per heavy atom. The Balaban J connectivity index is 3.10. The van der Waals surface area contributed by atoms with E-state index in [4.69, 9.17) is 5.73 Å². The third-order valence-electron chi connectivity index (χ3n) is 3.53. The van der Waals surface area contributed by atoms with Gasteiger partial charge in [0.05, 0.1) is 12.6 Å². The van der Waals surface area contributed by atoms with E-state index in [1.54, 1.807) is 7.05 Å². The quantitative estimate of drug-likeness (QED) is 0.799. The van der Waals surface area contributed by atoms with Crippen LogP contribution >= 0.6 is 15.9 Å². The highest BCUT2D eigenvalue weighted by Crippen LogP contribution is 2.30. The van der Waals surface area contributed by atoms with Gasteiger partial charge in [-0.3, -0.25) is 9.69 Å². The van der Waals surface area contributed by atoms with Crippen molar-refractivity contribution in [1.82, 2.24) is 10.2 Å². The zero-order valence-corrected chi connectivity index (χ0v) is 14.0. The van der Waals surface area contributed by atoms with E-state index < -0.39 is 0 Å². The maximum absolute atomic E-state index is 11.7. The molecule has 4 nitrogen and oxygen atoms in total. The monoisotopic (exact) mass is 341 g/mol. The summed E-state index contributed by atoms with van der Waals surface area (Å²) in [5.41, 5.74) is 7.45. The topological polar surface area (TPSA) is 58.4 Å². The summed E-state index contributed by atoms with van der Waals surface area (Å²) in [5.74, 6) is 0.00667. The van der Waals surface area contributed by atoms with Gasteiger partial charge in [0.15, 0.2) is 0 Å². The molecule has 3 N–H and O–H groups in total. The second-order valence-electron chi connectivity index (χ2n) is 4.77. The number of amides is 1. The maximum atomic E-state index is 11.7. The van der Waals surface area contributed by atoms with Gasteiger partial charge in [-0.1, -0.05) is 48.0 Å². The number of likely N-dealkylation sites (N-methyl/N-ethyl adjacent to an activating group) is 2. The molecule has 112 valence electrons. The van der Waals surface area contributed by atoms with Crippen molar-refractivity contribution in [2.45, 2.75) is 32.4 Å². The smallest absolute Gasteiger partial charge is 0.233 e. The molecule has 0 aliphatic rings. The summed E-state index contributed by atoms with van der Waals surface area (Å²) >= 11 is 3.59. The number of nitrogens with zero attached hydrogens (tertiary/aromatic N) is 1. The highest BCUT2D eigenvalue weighted by Gasteiger charge is 2.27. The van der Waals surface area contributed by atoms with E-state index >= 15 is 0 Å². The first-order valence-electron chi connectivity index (χ1n) is 6.99. The third kappa shape index (κ3) is 4.30. The van der Waals surface area contributed by atoms with Crippen LogP contribution in [0.4, 0.5) is 0 Å². The van der Waals surface area contributed by atoms with Crippen LogP contribution in [0.2, 0.25) is 0 Å². The first-order valence-corrected chi connectivity index (χ1v) is 7.79. The highest BCUT2D eigenvalue weighted by molar-refractivity contribution is 9.10. The number of benzene rings is 1. The lowest BCUT2D eigenvalue weighted by molar-refractivity contribution is -0.122. The van der Waals surface area contributed by atoms with Crippen molar-refractivity contribution < 1.29 is 4.79 Å². The molecule has 1 amide bonds. The molecule has 0 spiro atoms. The van der Waals surface area contributed by atoms with Crippen LogP contribution in [-0.4, -0.2) is 37.0 Å². The Morgan fingerprint density at radius 2 is 2.05 bits per heavy atom. The molecule has 1 aromatic rings. The second kappa shape index (κ2) is 8.39. The molecule has 2 atom stereocenters. The van der Waals surface area contributed by atoms with Crippen molar-refractivity contribution in [3.63, 3.8) is 0 Å². The summed E-state index contributed by atoms with van der Waals surface area (Å²) in [4.78, 5) is 13.8. The molecular weight excluding hydrogens is 318 g/mol. The van der Waals surface area contributed by atoms with Crippen molar-refractivity contribution in [2.75, 3.05) is 20.1 Å². The van der Waals surface area contributed by atoms with Gasteiger partial charge in [0, 0.05) is 17.6 Å². The average molecular weight is 342 g/mol. The van der Waals surface area contributed by atoms with Gasteiger partial charge in [0.25, 0.3) is 0 Å². The van der Waals surface area contributed by atoms with Gasteiger partial charge < -0.3 is 11.1 Å². The molecule has 0 bridgehead atoms. The van der Waals surface area contributed by atoms with E-state index in [1.807, 2.05) is 18.2 Å². The minimum Gasteiger partial charge on any atom is -0.358 e. The molecule has 0 aliphatic heterocycles. The standard InChI is InChI=1S/C15H24BrN3O/c1-4-13(17)15(11-8-6-7-9-12(11)16)19(5-2)10-14(20)18-3/h6-9,13,15H,4-5,10,17H2,1-3H3,(H,18,20). The fourth-order valence-corrected chi connectivity index (χ4v) is 2.83. The summed E-state index contributed by atoms with van der Waals surface area (Å²) in [6.07, 6.45) is 0.857. The van der Waals surface area contributed by atoms with Gasteiger partial charge in [-0.05, 0) is 24.6 Å². The van der Waals surface area contributed by atoms with Gasteiger partial charge in [-0.15, -0.1) is 0 Å². The molecule has 0 aliphatic carbocycles. The summed E-state index contributed by atoms with van der Waals surface area (Å²) in [5, 5.41) is 2.67. The van der Waals surface area contributed by atoms with E-state index in [1.165, 1.54) is 0 Å². The van der Waals surface area contributed by atoms with Gasteiger partial charge in [-0.2, -0.15) is 0 Å². The maximum Gasteiger partial charge on any atom is 0.233 e. The molecule has 1 rings (SSSR count). The molecule has 0 radical (unpaired) electrons. The van der Waals surface area contributed by atoms with Gasteiger partial charge in [0.1, 0.15) is 0 Å². The van der Waals surface area contributed by atoms with Crippen LogP contribution in [0.15, 0.2) is 28.7 Å². The lowest BCUT2D eigenvalue weighted by atomic mass is 9.96. The molecule has 2 unspecified atom stereocenters. The Bertz CT molecular complexity index is 439. The molecule has 0 heterocycles. The molecule has 1 aromatic carbocycles. The normalized spacial score (nSPS) is 14.1. The number of rotatable bonds is 7. The molecular formula is C15H24BrN3O. The van der Waals surface area contributed by atoms with E-state index in [9.17, 15) is 4.79 Å². The Morgan fingerprint density at radius 1 is 1.40 bits per heavy atom. The highest BCUT2D eigenvalue weighted by atomic mass is 79.9. The van der Waals surface area contributed by atoms with Crippen molar-refractivity contribution in [3.05, 3.63) is 34.3 Å². The van der Waals surface area contributed by atoms with E-state index in [0.29, 0.717) is 6.54 Å². The van der Waals surface area contributed by atoms with E-state index in [0.717, 1.165) is 23.0 Å². The minimum absolute atomic E-state index is 0.00667. The van der Waals surface area contributed by atoms with Crippen molar-refractivity contribution in [1.29, 1.82) is 0 Å². The van der Waals surface area contributed by atoms with Crippen LogP contribution in [0, 0.1) is 0 Å². The number of carbonyl (C=O) groups excluding carboxylic acids is 1. The van der Waals surface area contributed by atoms with Crippen LogP contribution in [0.3, 0.4) is 0 Å². The lowest BCUT2D eigenvalue weighted by Crippen LogP contribution is -2.45. The first kappa shape index (κ1) is 17.1. The molecule has 0 saturated heterocycles. The summed E-state index contributed by atoms with van der Waals surface area (Å²) in [7, 11) is 1.66. The summed E-state index contributed by atoms with van der Waals surface area (Å²) in [6.45, 7) is 5.25.